The summed E-state index contributed by atoms with van der Waals surface area (Å²) in [7, 11) is 1.63. The van der Waals surface area contributed by atoms with Crippen molar-refractivity contribution in [1.82, 2.24) is 10.1 Å². The average Bonchev–Trinajstić information content (AvgIpc) is 2.95. The van der Waals surface area contributed by atoms with E-state index in [1.165, 1.54) is 6.42 Å². The van der Waals surface area contributed by atoms with E-state index in [9.17, 15) is 0 Å². The van der Waals surface area contributed by atoms with Gasteiger partial charge < -0.3 is 19.7 Å². The molecule has 1 atom stereocenters. The smallest absolute Gasteiger partial charge is 0.257 e. The summed E-state index contributed by atoms with van der Waals surface area (Å²) in [5.74, 6) is 1.70. The molecule has 0 amide bonds. The average molecular weight is 289 g/mol. The molecular weight excluding hydrogens is 270 g/mol. The Labute approximate surface area is 123 Å². The highest BCUT2D eigenvalue weighted by molar-refractivity contribution is 5.54. The Bertz CT molecular complexity index is 578. The molecule has 1 heterocycles. The summed E-state index contributed by atoms with van der Waals surface area (Å²) in [6.07, 6.45) is 3.83. The maximum Gasteiger partial charge on any atom is 0.257 e. The second-order valence-corrected chi connectivity index (χ2v) is 5.18. The molecule has 6 nitrogen and oxygen atoms in total. The normalized spacial score (nSPS) is 16.5. The topological polar surface area (TPSA) is 83.4 Å². The molecule has 1 fully saturated rings. The Morgan fingerprint density at radius 3 is 2.71 bits per heavy atom. The number of nitrogens with zero attached hydrogens (tertiary/aromatic N) is 2. The molecular formula is C15H19N3O3. The summed E-state index contributed by atoms with van der Waals surface area (Å²) in [4.78, 5) is 4.33. The minimum absolute atomic E-state index is 0.351. The minimum atomic E-state index is -0.360. The van der Waals surface area contributed by atoms with Crippen molar-refractivity contribution in [2.24, 2.45) is 5.73 Å². The molecule has 1 unspecified atom stereocenters. The van der Waals surface area contributed by atoms with E-state index in [0.29, 0.717) is 24.4 Å². The van der Waals surface area contributed by atoms with Crippen LogP contribution in [0.1, 0.15) is 31.1 Å². The molecule has 1 aromatic heterocycles. The van der Waals surface area contributed by atoms with E-state index in [1.807, 2.05) is 24.3 Å². The van der Waals surface area contributed by atoms with Crippen LogP contribution in [-0.4, -0.2) is 30.0 Å². The molecule has 0 bridgehead atoms. The summed E-state index contributed by atoms with van der Waals surface area (Å²) in [5.41, 5.74) is 6.86. The summed E-state index contributed by atoms with van der Waals surface area (Å²) < 4.78 is 16.0. The number of methoxy groups -OCH3 is 1. The van der Waals surface area contributed by atoms with Gasteiger partial charge in [0.1, 0.15) is 5.75 Å². The molecule has 1 aliphatic rings. The first-order chi connectivity index (χ1) is 10.3. The van der Waals surface area contributed by atoms with Crippen molar-refractivity contribution in [3.8, 4) is 17.2 Å². The first kappa shape index (κ1) is 14.0. The number of hydrogen-bond acceptors (Lipinski definition) is 6. The van der Waals surface area contributed by atoms with Crippen molar-refractivity contribution in [3.05, 3.63) is 30.1 Å². The van der Waals surface area contributed by atoms with Gasteiger partial charge in [-0.05, 0) is 43.5 Å². The predicted molar refractivity (Wildman–Crippen MR) is 76.8 cm³/mol. The summed E-state index contributed by atoms with van der Waals surface area (Å²) in [6.45, 7) is 0.423. The van der Waals surface area contributed by atoms with Gasteiger partial charge in [0, 0.05) is 5.56 Å². The van der Waals surface area contributed by atoms with Crippen LogP contribution in [0.3, 0.4) is 0 Å². The molecule has 6 heteroatoms. The fourth-order valence-corrected chi connectivity index (χ4v) is 2.09. The van der Waals surface area contributed by atoms with Crippen LogP contribution in [0.25, 0.3) is 11.5 Å². The van der Waals surface area contributed by atoms with Crippen LogP contribution >= 0.6 is 0 Å². The molecule has 112 valence electrons. The number of hydrogen-bond donors (Lipinski definition) is 1. The molecule has 2 N–H and O–H groups in total. The van der Waals surface area contributed by atoms with Gasteiger partial charge in [-0.25, -0.2) is 0 Å². The molecule has 2 aromatic rings. The van der Waals surface area contributed by atoms with Gasteiger partial charge in [-0.15, -0.1) is 0 Å². The van der Waals surface area contributed by atoms with E-state index in [1.54, 1.807) is 7.11 Å². The van der Waals surface area contributed by atoms with Crippen LogP contribution < -0.4 is 10.5 Å². The summed E-state index contributed by atoms with van der Waals surface area (Å²) >= 11 is 0. The van der Waals surface area contributed by atoms with E-state index in [0.717, 1.165) is 24.2 Å². The summed E-state index contributed by atoms with van der Waals surface area (Å²) in [6, 6.07) is 7.07. The fourth-order valence-electron chi connectivity index (χ4n) is 2.09. The van der Waals surface area contributed by atoms with Gasteiger partial charge in [0.2, 0.25) is 0 Å². The molecule has 0 aliphatic heterocycles. The van der Waals surface area contributed by atoms with Gasteiger partial charge in [0.05, 0.1) is 25.9 Å². The van der Waals surface area contributed by atoms with Gasteiger partial charge in [0.25, 0.3) is 5.89 Å². The van der Waals surface area contributed by atoms with Gasteiger partial charge in [-0.2, -0.15) is 4.98 Å². The van der Waals surface area contributed by atoms with Crippen LogP contribution in [0.5, 0.6) is 5.75 Å². The van der Waals surface area contributed by atoms with Gasteiger partial charge in [-0.3, -0.25) is 0 Å². The van der Waals surface area contributed by atoms with E-state index >= 15 is 0 Å². The Morgan fingerprint density at radius 1 is 1.33 bits per heavy atom. The fraction of sp³-hybridized carbons (Fsp3) is 0.467. The first-order valence-electron chi connectivity index (χ1n) is 7.11. The first-order valence-corrected chi connectivity index (χ1v) is 7.11. The van der Waals surface area contributed by atoms with Crippen LogP contribution in [0.2, 0.25) is 0 Å². The van der Waals surface area contributed by atoms with Gasteiger partial charge in [-0.1, -0.05) is 5.16 Å². The Morgan fingerprint density at radius 2 is 2.10 bits per heavy atom. The number of nitrogens with two attached hydrogens (primary N) is 1. The highest BCUT2D eigenvalue weighted by Gasteiger charge is 2.21. The van der Waals surface area contributed by atoms with Gasteiger partial charge in [0.15, 0.2) is 5.82 Å². The molecule has 1 aromatic carbocycles. The molecule has 0 saturated heterocycles. The second-order valence-electron chi connectivity index (χ2n) is 5.18. The third-order valence-electron chi connectivity index (χ3n) is 3.67. The van der Waals surface area contributed by atoms with Crippen LogP contribution in [-0.2, 0) is 4.74 Å². The Balaban J connectivity index is 1.63. The van der Waals surface area contributed by atoms with Gasteiger partial charge >= 0.3 is 0 Å². The van der Waals surface area contributed by atoms with Crippen LogP contribution in [0, 0.1) is 0 Å². The zero-order valence-electron chi connectivity index (χ0n) is 12.0. The van der Waals surface area contributed by atoms with Crippen molar-refractivity contribution >= 4 is 0 Å². The van der Waals surface area contributed by atoms with Crippen molar-refractivity contribution in [1.29, 1.82) is 0 Å². The molecule has 0 spiro atoms. The van der Waals surface area contributed by atoms with E-state index < -0.39 is 0 Å². The van der Waals surface area contributed by atoms with E-state index in [2.05, 4.69) is 10.1 Å². The molecule has 0 radical (unpaired) electrons. The van der Waals surface area contributed by atoms with E-state index in [4.69, 9.17) is 19.7 Å². The number of ether oxygens (including phenoxy) is 2. The lowest BCUT2D eigenvalue weighted by molar-refractivity contribution is -0.00549. The molecule has 1 aliphatic carbocycles. The highest BCUT2D eigenvalue weighted by Crippen LogP contribution is 2.24. The molecule has 21 heavy (non-hydrogen) atoms. The maximum absolute atomic E-state index is 6.03. The Kier molecular flexibility index (Phi) is 4.17. The lowest BCUT2D eigenvalue weighted by Gasteiger charge is -2.26. The lowest BCUT2D eigenvalue weighted by Crippen LogP contribution is -2.27. The SMILES string of the molecule is COc1ccc(-c2nc(C(N)COC3CCC3)no2)cc1. The number of rotatable bonds is 6. The summed E-state index contributed by atoms with van der Waals surface area (Å²) in [5, 5.41) is 3.93. The maximum atomic E-state index is 6.03. The number of aromatic nitrogens is 2. The standard InChI is InChI=1S/C15H19N3O3/c1-19-11-7-5-10(6-8-11)15-17-14(18-21-15)13(16)9-20-12-3-2-4-12/h5-8,12-13H,2-4,9,16H2,1H3. The minimum Gasteiger partial charge on any atom is -0.497 e. The van der Waals surface area contributed by atoms with Crippen LogP contribution in [0.4, 0.5) is 0 Å². The third-order valence-corrected chi connectivity index (χ3v) is 3.67. The zero-order valence-corrected chi connectivity index (χ0v) is 12.0. The predicted octanol–water partition coefficient (Wildman–Crippen LogP) is 2.31. The largest absolute Gasteiger partial charge is 0.497 e. The van der Waals surface area contributed by atoms with Crippen LogP contribution in [0.15, 0.2) is 28.8 Å². The van der Waals surface area contributed by atoms with Crippen molar-refractivity contribution < 1.29 is 14.0 Å². The second kappa shape index (κ2) is 6.24. The zero-order chi connectivity index (χ0) is 14.7. The van der Waals surface area contributed by atoms with Crippen molar-refractivity contribution in [2.75, 3.05) is 13.7 Å². The highest BCUT2D eigenvalue weighted by atomic mass is 16.5. The van der Waals surface area contributed by atoms with Crippen molar-refractivity contribution in [3.63, 3.8) is 0 Å². The number of benzene rings is 1. The lowest BCUT2D eigenvalue weighted by atomic mass is 9.96. The van der Waals surface area contributed by atoms with E-state index in [-0.39, 0.29) is 6.04 Å². The molecule has 3 rings (SSSR count). The monoisotopic (exact) mass is 289 g/mol. The molecule has 1 saturated carbocycles. The quantitative estimate of drug-likeness (QED) is 0.878. The third kappa shape index (κ3) is 3.22. The van der Waals surface area contributed by atoms with Crippen molar-refractivity contribution in [2.45, 2.75) is 31.4 Å². The Hall–Kier alpha value is -1.92.